The molecule has 0 radical (unpaired) electrons. The Kier molecular flexibility index (Phi) is 4.58. The number of aryl methyl sites for hydroxylation is 1. The number of anilines is 1. The Morgan fingerprint density at radius 2 is 1.95 bits per heavy atom. The third-order valence-corrected chi connectivity index (χ3v) is 3.46. The molecule has 0 aliphatic carbocycles. The van der Waals surface area contributed by atoms with Gasteiger partial charge in [0.25, 0.3) is 5.91 Å². The Morgan fingerprint density at radius 3 is 2.57 bits per heavy atom. The Labute approximate surface area is 124 Å². The van der Waals surface area contributed by atoms with Crippen LogP contribution in [0.4, 0.5) is 10.1 Å². The normalized spacial score (nSPS) is 11.8. The summed E-state index contributed by atoms with van der Waals surface area (Å²) in [5.74, 6) is -0.463. The summed E-state index contributed by atoms with van der Waals surface area (Å²) in [7, 11) is 1.83. The lowest BCUT2D eigenvalue weighted by Crippen LogP contribution is -2.27. The van der Waals surface area contributed by atoms with Crippen molar-refractivity contribution in [3.05, 3.63) is 65.0 Å². The van der Waals surface area contributed by atoms with Gasteiger partial charge in [0, 0.05) is 18.3 Å². The van der Waals surface area contributed by atoms with E-state index in [1.165, 1.54) is 12.1 Å². The van der Waals surface area contributed by atoms with Crippen molar-refractivity contribution in [3.8, 4) is 0 Å². The van der Waals surface area contributed by atoms with Crippen LogP contribution in [-0.4, -0.2) is 13.0 Å². The number of nitrogens with one attached hydrogen (secondary N) is 2. The highest BCUT2D eigenvalue weighted by molar-refractivity contribution is 5.96. The lowest BCUT2D eigenvalue weighted by molar-refractivity contribution is 0.0939. The van der Waals surface area contributed by atoms with Crippen LogP contribution in [0.5, 0.6) is 0 Å². The average molecular weight is 286 g/mol. The number of rotatable bonds is 4. The molecular weight excluding hydrogens is 267 g/mol. The van der Waals surface area contributed by atoms with Gasteiger partial charge in [0.15, 0.2) is 0 Å². The van der Waals surface area contributed by atoms with E-state index in [0.29, 0.717) is 5.56 Å². The molecule has 1 unspecified atom stereocenters. The van der Waals surface area contributed by atoms with Crippen LogP contribution >= 0.6 is 0 Å². The highest BCUT2D eigenvalue weighted by Crippen LogP contribution is 2.17. The maximum absolute atomic E-state index is 13.2. The van der Waals surface area contributed by atoms with E-state index in [1.54, 1.807) is 18.2 Å². The van der Waals surface area contributed by atoms with Gasteiger partial charge in [0.1, 0.15) is 5.82 Å². The summed E-state index contributed by atoms with van der Waals surface area (Å²) in [5, 5.41) is 5.93. The Bertz CT molecular complexity index is 655. The van der Waals surface area contributed by atoms with Gasteiger partial charge in [-0.25, -0.2) is 4.39 Å². The average Bonchev–Trinajstić information content (AvgIpc) is 2.46. The Hall–Kier alpha value is -2.36. The monoisotopic (exact) mass is 286 g/mol. The summed E-state index contributed by atoms with van der Waals surface area (Å²) >= 11 is 0. The SMILES string of the molecule is CNc1ccc(C(=O)NC(C)c2cccc(F)c2)c(C)c1. The molecular formula is C17H19FN2O. The zero-order valence-corrected chi connectivity index (χ0v) is 12.4. The van der Waals surface area contributed by atoms with Crippen LogP contribution in [0.25, 0.3) is 0 Å². The number of benzene rings is 2. The minimum absolute atomic E-state index is 0.160. The van der Waals surface area contributed by atoms with Crippen LogP contribution in [-0.2, 0) is 0 Å². The van der Waals surface area contributed by atoms with Crippen LogP contribution in [0.3, 0.4) is 0 Å². The van der Waals surface area contributed by atoms with Crippen molar-refractivity contribution < 1.29 is 9.18 Å². The predicted molar refractivity (Wildman–Crippen MR) is 83.0 cm³/mol. The van der Waals surface area contributed by atoms with Crippen molar-refractivity contribution >= 4 is 11.6 Å². The molecule has 4 heteroatoms. The molecule has 0 spiro atoms. The van der Waals surface area contributed by atoms with E-state index >= 15 is 0 Å². The van der Waals surface area contributed by atoms with Crippen molar-refractivity contribution in [2.45, 2.75) is 19.9 Å². The Balaban J connectivity index is 2.14. The third-order valence-electron chi connectivity index (χ3n) is 3.46. The number of carbonyl (C=O) groups excluding carboxylic acids is 1. The summed E-state index contributed by atoms with van der Waals surface area (Å²) in [5.41, 5.74) is 3.22. The first-order valence-electron chi connectivity index (χ1n) is 6.86. The molecule has 0 saturated carbocycles. The van der Waals surface area contributed by atoms with Gasteiger partial charge in [-0.1, -0.05) is 12.1 Å². The fraction of sp³-hybridized carbons (Fsp3) is 0.235. The zero-order chi connectivity index (χ0) is 15.4. The van der Waals surface area contributed by atoms with Crippen molar-refractivity contribution in [1.82, 2.24) is 5.32 Å². The molecule has 2 N–H and O–H groups in total. The van der Waals surface area contributed by atoms with Gasteiger partial charge in [-0.3, -0.25) is 4.79 Å². The summed E-state index contributed by atoms with van der Waals surface area (Å²) < 4.78 is 13.2. The highest BCUT2D eigenvalue weighted by atomic mass is 19.1. The molecule has 0 saturated heterocycles. The van der Waals surface area contributed by atoms with Crippen molar-refractivity contribution in [2.24, 2.45) is 0 Å². The fourth-order valence-electron chi connectivity index (χ4n) is 2.21. The molecule has 0 heterocycles. The van der Waals surface area contributed by atoms with Gasteiger partial charge in [-0.15, -0.1) is 0 Å². The van der Waals surface area contributed by atoms with Gasteiger partial charge in [0.2, 0.25) is 0 Å². The van der Waals surface area contributed by atoms with E-state index in [1.807, 2.05) is 33.0 Å². The van der Waals surface area contributed by atoms with Crippen LogP contribution < -0.4 is 10.6 Å². The number of amides is 1. The van der Waals surface area contributed by atoms with Crippen molar-refractivity contribution in [1.29, 1.82) is 0 Å². The van der Waals surface area contributed by atoms with Crippen LogP contribution in [0, 0.1) is 12.7 Å². The number of carbonyl (C=O) groups is 1. The van der Waals surface area contributed by atoms with Crippen LogP contribution in [0.2, 0.25) is 0 Å². The predicted octanol–water partition coefficient (Wildman–Crippen LogP) is 3.67. The van der Waals surface area contributed by atoms with Gasteiger partial charge < -0.3 is 10.6 Å². The number of hydrogen-bond donors (Lipinski definition) is 2. The fourth-order valence-corrected chi connectivity index (χ4v) is 2.21. The minimum Gasteiger partial charge on any atom is -0.388 e. The molecule has 1 atom stereocenters. The first-order chi connectivity index (χ1) is 10.0. The highest BCUT2D eigenvalue weighted by Gasteiger charge is 2.14. The van der Waals surface area contributed by atoms with Crippen LogP contribution in [0.1, 0.15) is 34.5 Å². The third kappa shape index (κ3) is 3.60. The van der Waals surface area contributed by atoms with Crippen molar-refractivity contribution in [3.63, 3.8) is 0 Å². The molecule has 0 aliphatic heterocycles. The largest absolute Gasteiger partial charge is 0.388 e. The van der Waals surface area contributed by atoms with Gasteiger partial charge >= 0.3 is 0 Å². The van der Waals surface area contributed by atoms with E-state index in [0.717, 1.165) is 16.8 Å². The molecule has 2 aromatic carbocycles. The molecule has 1 amide bonds. The topological polar surface area (TPSA) is 41.1 Å². The molecule has 3 nitrogen and oxygen atoms in total. The Morgan fingerprint density at radius 1 is 1.19 bits per heavy atom. The summed E-state index contributed by atoms with van der Waals surface area (Å²) in [6.07, 6.45) is 0. The second kappa shape index (κ2) is 6.39. The van der Waals surface area contributed by atoms with E-state index in [9.17, 15) is 9.18 Å². The van der Waals surface area contributed by atoms with Crippen molar-refractivity contribution in [2.75, 3.05) is 12.4 Å². The molecule has 0 fully saturated rings. The molecule has 0 aromatic heterocycles. The number of halogens is 1. The van der Waals surface area contributed by atoms with E-state index in [-0.39, 0.29) is 17.8 Å². The standard InChI is InChI=1S/C17H19FN2O/c1-11-9-15(19-3)7-8-16(11)17(21)20-12(2)13-5-4-6-14(18)10-13/h4-10,12,19H,1-3H3,(H,20,21). The molecule has 21 heavy (non-hydrogen) atoms. The summed E-state index contributed by atoms with van der Waals surface area (Å²) in [6.45, 7) is 3.73. The maximum atomic E-state index is 13.2. The van der Waals surface area contributed by atoms with Gasteiger partial charge in [-0.2, -0.15) is 0 Å². The lowest BCUT2D eigenvalue weighted by atomic mass is 10.0. The second-order valence-electron chi connectivity index (χ2n) is 5.03. The first-order valence-corrected chi connectivity index (χ1v) is 6.86. The quantitative estimate of drug-likeness (QED) is 0.900. The molecule has 0 bridgehead atoms. The molecule has 2 rings (SSSR count). The zero-order valence-electron chi connectivity index (χ0n) is 12.4. The lowest BCUT2D eigenvalue weighted by Gasteiger charge is -2.16. The number of hydrogen-bond acceptors (Lipinski definition) is 2. The minimum atomic E-state index is -0.303. The molecule has 2 aromatic rings. The van der Waals surface area contributed by atoms with E-state index < -0.39 is 0 Å². The van der Waals surface area contributed by atoms with Gasteiger partial charge in [0.05, 0.1) is 6.04 Å². The van der Waals surface area contributed by atoms with E-state index in [4.69, 9.17) is 0 Å². The van der Waals surface area contributed by atoms with Crippen LogP contribution in [0.15, 0.2) is 42.5 Å². The smallest absolute Gasteiger partial charge is 0.252 e. The second-order valence-corrected chi connectivity index (χ2v) is 5.03. The summed E-state index contributed by atoms with van der Waals surface area (Å²) in [4.78, 5) is 12.3. The molecule has 110 valence electrons. The first kappa shape index (κ1) is 15.0. The molecule has 0 aliphatic rings. The summed E-state index contributed by atoms with van der Waals surface area (Å²) in [6, 6.07) is 11.6. The van der Waals surface area contributed by atoms with Gasteiger partial charge in [-0.05, 0) is 55.3 Å². The van der Waals surface area contributed by atoms with E-state index in [2.05, 4.69) is 10.6 Å². The maximum Gasteiger partial charge on any atom is 0.252 e.